The minimum Gasteiger partial charge on any atom is -0.375 e. The summed E-state index contributed by atoms with van der Waals surface area (Å²) < 4.78 is 7.91. The number of carbonyl (C=O) groups is 1. The third-order valence-corrected chi connectivity index (χ3v) is 4.33. The molecule has 1 aliphatic carbocycles. The highest BCUT2D eigenvalue weighted by Gasteiger charge is 2.28. The fraction of sp³-hybridized carbons (Fsp3) is 0.667. The van der Waals surface area contributed by atoms with Crippen LogP contribution in [0.25, 0.3) is 0 Å². The van der Waals surface area contributed by atoms with Gasteiger partial charge in [0.2, 0.25) is 0 Å². The van der Waals surface area contributed by atoms with Crippen LogP contribution < -0.4 is 0 Å². The maximum Gasteiger partial charge on any atom is 0.270 e. The van der Waals surface area contributed by atoms with Gasteiger partial charge >= 0.3 is 0 Å². The summed E-state index contributed by atoms with van der Waals surface area (Å²) in [5.74, 6) is 0.148. The van der Waals surface area contributed by atoms with Crippen molar-refractivity contribution in [2.75, 3.05) is 13.1 Å². The van der Waals surface area contributed by atoms with Gasteiger partial charge in [0.05, 0.1) is 12.2 Å². The van der Waals surface area contributed by atoms with Crippen molar-refractivity contribution in [1.82, 2.24) is 9.47 Å². The lowest BCUT2D eigenvalue weighted by molar-refractivity contribution is -0.0706. The molecule has 1 aromatic heterocycles. The van der Waals surface area contributed by atoms with Crippen molar-refractivity contribution >= 4 is 5.91 Å². The zero-order valence-corrected chi connectivity index (χ0v) is 11.5. The van der Waals surface area contributed by atoms with E-state index in [2.05, 4.69) is 0 Å². The van der Waals surface area contributed by atoms with Crippen molar-refractivity contribution in [1.29, 1.82) is 0 Å². The topological polar surface area (TPSA) is 34.5 Å². The first kappa shape index (κ1) is 12.7. The number of carbonyl (C=O) groups excluding carboxylic acids is 1. The third kappa shape index (κ3) is 2.68. The average molecular weight is 262 g/mol. The number of likely N-dealkylation sites (tertiary alicyclic amines) is 1. The van der Waals surface area contributed by atoms with E-state index in [1.165, 1.54) is 19.3 Å². The van der Waals surface area contributed by atoms with Gasteiger partial charge in [0.25, 0.3) is 5.91 Å². The number of hydrogen-bond acceptors (Lipinski definition) is 2. The lowest BCUT2D eigenvalue weighted by Gasteiger charge is -2.36. The average Bonchev–Trinajstić information content (AvgIpc) is 2.80. The van der Waals surface area contributed by atoms with Gasteiger partial charge in [-0.2, -0.15) is 0 Å². The van der Waals surface area contributed by atoms with Crippen LogP contribution in [-0.2, 0) is 11.8 Å². The fourth-order valence-electron chi connectivity index (χ4n) is 2.82. The zero-order chi connectivity index (χ0) is 13.2. The fourth-order valence-corrected chi connectivity index (χ4v) is 2.82. The minimum absolute atomic E-state index is 0.148. The molecule has 19 heavy (non-hydrogen) atoms. The number of amides is 1. The summed E-state index contributed by atoms with van der Waals surface area (Å²) in [6.07, 6.45) is 8.50. The summed E-state index contributed by atoms with van der Waals surface area (Å²) in [4.78, 5) is 14.3. The Morgan fingerprint density at radius 1 is 1.21 bits per heavy atom. The second-order valence-electron chi connectivity index (χ2n) is 5.68. The van der Waals surface area contributed by atoms with Crippen molar-refractivity contribution < 1.29 is 9.53 Å². The second-order valence-corrected chi connectivity index (χ2v) is 5.68. The first-order valence-electron chi connectivity index (χ1n) is 7.30. The maximum absolute atomic E-state index is 12.3. The molecule has 1 aromatic rings. The lowest BCUT2D eigenvalue weighted by Crippen LogP contribution is -2.43. The molecule has 1 saturated carbocycles. The number of ether oxygens (including phenoxy) is 1. The number of piperidine rings is 1. The molecule has 1 saturated heterocycles. The molecule has 0 spiro atoms. The number of aromatic nitrogens is 1. The maximum atomic E-state index is 12.3. The van der Waals surface area contributed by atoms with Crippen molar-refractivity contribution in [2.24, 2.45) is 7.05 Å². The molecular formula is C15H22N2O2. The molecule has 2 fully saturated rings. The van der Waals surface area contributed by atoms with Crippen LogP contribution in [0, 0.1) is 0 Å². The van der Waals surface area contributed by atoms with E-state index in [1.807, 2.05) is 34.8 Å². The Bertz CT molecular complexity index is 443. The quantitative estimate of drug-likeness (QED) is 0.837. The number of aryl methyl sites for hydroxylation is 1. The van der Waals surface area contributed by atoms with Gasteiger partial charge in [-0.15, -0.1) is 0 Å². The zero-order valence-electron chi connectivity index (χ0n) is 11.5. The monoisotopic (exact) mass is 262 g/mol. The van der Waals surface area contributed by atoms with Crippen LogP contribution in [-0.4, -0.2) is 40.7 Å². The summed E-state index contributed by atoms with van der Waals surface area (Å²) in [5, 5.41) is 0. The van der Waals surface area contributed by atoms with Crippen molar-refractivity contribution in [3.63, 3.8) is 0 Å². The SMILES string of the molecule is Cn1cccc1C(=O)N1CCC(OC2CCC2)CC1. The molecule has 4 nitrogen and oxygen atoms in total. The van der Waals surface area contributed by atoms with Crippen LogP contribution >= 0.6 is 0 Å². The molecule has 2 aliphatic rings. The molecule has 4 heteroatoms. The van der Waals surface area contributed by atoms with E-state index in [0.717, 1.165) is 31.6 Å². The molecule has 1 aliphatic heterocycles. The summed E-state index contributed by atoms with van der Waals surface area (Å²) in [7, 11) is 1.92. The van der Waals surface area contributed by atoms with E-state index in [4.69, 9.17) is 4.74 Å². The van der Waals surface area contributed by atoms with Gasteiger partial charge in [0.15, 0.2) is 0 Å². The van der Waals surface area contributed by atoms with Gasteiger partial charge in [-0.3, -0.25) is 4.79 Å². The van der Waals surface area contributed by atoms with Crippen molar-refractivity contribution in [3.8, 4) is 0 Å². The molecule has 0 unspecified atom stereocenters. The van der Waals surface area contributed by atoms with E-state index in [9.17, 15) is 4.79 Å². The smallest absolute Gasteiger partial charge is 0.270 e. The highest BCUT2D eigenvalue weighted by molar-refractivity contribution is 5.92. The lowest BCUT2D eigenvalue weighted by atomic mass is 9.95. The van der Waals surface area contributed by atoms with Gasteiger partial charge in [0, 0.05) is 26.3 Å². The summed E-state index contributed by atoms with van der Waals surface area (Å²) in [6, 6.07) is 3.80. The van der Waals surface area contributed by atoms with Gasteiger partial charge in [0.1, 0.15) is 5.69 Å². The molecule has 3 rings (SSSR count). The van der Waals surface area contributed by atoms with Crippen LogP contribution in [0.4, 0.5) is 0 Å². The predicted octanol–water partition coefficient (Wildman–Crippen LogP) is 2.20. The highest BCUT2D eigenvalue weighted by Crippen LogP contribution is 2.26. The number of rotatable bonds is 3. The van der Waals surface area contributed by atoms with Crippen molar-refractivity contribution in [2.45, 2.75) is 44.3 Å². The van der Waals surface area contributed by atoms with Crippen LogP contribution in [0.15, 0.2) is 18.3 Å². The summed E-state index contributed by atoms with van der Waals surface area (Å²) in [6.45, 7) is 1.64. The Morgan fingerprint density at radius 2 is 1.89 bits per heavy atom. The molecule has 0 radical (unpaired) electrons. The molecule has 0 bridgehead atoms. The van der Waals surface area contributed by atoms with Crippen LogP contribution in [0.5, 0.6) is 0 Å². The molecule has 0 atom stereocenters. The van der Waals surface area contributed by atoms with Crippen LogP contribution in [0.3, 0.4) is 0 Å². The largest absolute Gasteiger partial charge is 0.375 e. The van der Waals surface area contributed by atoms with Gasteiger partial charge < -0.3 is 14.2 Å². The Labute approximate surface area is 114 Å². The van der Waals surface area contributed by atoms with E-state index in [-0.39, 0.29) is 5.91 Å². The van der Waals surface area contributed by atoms with Crippen LogP contribution in [0.1, 0.15) is 42.6 Å². The molecule has 0 N–H and O–H groups in total. The van der Waals surface area contributed by atoms with Crippen molar-refractivity contribution in [3.05, 3.63) is 24.0 Å². The third-order valence-electron chi connectivity index (χ3n) is 4.33. The Balaban J connectivity index is 1.52. The number of nitrogens with zero attached hydrogens (tertiary/aromatic N) is 2. The molecule has 2 heterocycles. The van der Waals surface area contributed by atoms with E-state index in [0.29, 0.717) is 12.2 Å². The Hall–Kier alpha value is -1.29. The molecule has 1 amide bonds. The predicted molar refractivity (Wildman–Crippen MR) is 73.1 cm³/mol. The highest BCUT2D eigenvalue weighted by atomic mass is 16.5. The van der Waals surface area contributed by atoms with Crippen LogP contribution in [0.2, 0.25) is 0 Å². The standard InChI is InChI=1S/C15H22N2O2/c1-16-9-3-6-14(16)15(18)17-10-7-13(8-11-17)19-12-4-2-5-12/h3,6,9,12-13H,2,4-5,7-8,10-11H2,1H3. The normalized spacial score (nSPS) is 21.4. The van der Waals surface area contributed by atoms with E-state index < -0.39 is 0 Å². The second kappa shape index (κ2) is 5.37. The van der Waals surface area contributed by atoms with Gasteiger partial charge in [-0.25, -0.2) is 0 Å². The first-order chi connectivity index (χ1) is 9.24. The molecule has 104 valence electrons. The minimum atomic E-state index is 0.148. The summed E-state index contributed by atoms with van der Waals surface area (Å²) in [5.41, 5.74) is 0.776. The molecule has 0 aromatic carbocycles. The van der Waals surface area contributed by atoms with E-state index >= 15 is 0 Å². The van der Waals surface area contributed by atoms with E-state index in [1.54, 1.807) is 0 Å². The van der Waals surface area contributed by atoms with Gasteiger partial charge in [-0.1, -0.05) is 0 Å². The summed E-state index contributed by atoms with van der Waals surface area (Å²) >= 11 is 0. The first-order valence-corrected chi connectivity index (χ1v) is 7.30. The molecular weight excluding hydrogens is 240 g/mol. The number of hydrogen-bond donors (Lipinski definition) is 0. The van der Waals surface area contributed by atoms with Gasteiger partial charge in [-0.05, 0) is 44.2 Å². The Morgan fingerprint density at radius 3 is 2.42 bits per heavy atom. The Kier molecular flexibility index (Phi) is 3.60.